The van der Waals surface area contributed by atoms with Gasteiger partial charge in [-0.1, -0.05) is 27.7 Å². The Morgan fingerprint density at radius 1 is 1.43 bits per heavy atom. The lowest BCUT2D eigenvalue weighted by molar-refractivity contribution is -0.138. The monoisotopic (exact) mass is 380 g/mol. The van der Waals surface area contributed by atoms with E-state index in [1.165, 1.54) is 29.1 Å². The van der Waals surface area contributed by atoms with E-state index >= 15 is 0 Å². The molecule has 1 heterocycles. The van der Waals surface area contributed by atoms with Crippen LogP contribution < -0.4 is 0 Å². The molecular weight excluding hydrogens is 373 g/mol. The number of thioether (sulfide) groups is 1. The number of hydrogen-bond donors (Lipinski definition) is 1. The first-order chi connectivity index (χ1) is 9.79. The summed E-state index contributed by atoms with van der Waals surface area (Å²) in [5.41, 5.74) is -0.543. The third kappa shape index (κ3) is 3.79. The number of nitrogens with zero attached hydrogens (tertiary/aromatic N) is 2. The van der Waals surface area contributed by atoms with Crippen LogP contribution in [-0.4, -0.2) is 26.4 Å². The number of carboxylic acids is 1. The first-order valence-corrected chi connectivity index (χ1v) is 7.32. The van der Waals surface area contributed by atoms with Crippen LogP contribution in [0, 0.1) is 0 Å². The Morgan fingerprint density at radius 3 is 2.76 bits per heavy atom. The number of alkyl halides is 3. The summed E-state index contributed by atoms with van der Waals surface area (Å²) >= 11 is 3.80. The van der Waals surface area contributed by atoms with Gasteiger partial charge >= 0.3 is 12.1 Å². The van der Waals surface area contributed by atoms with Crippen molar-refractivity contribution in [1.29, 1.82) is 0 Å². The van der Waals surface area contributed by atoms with Crippen LogP contribution in [-0.2, 0) is 11.0 Å². The highest BCUT2D eigenvalue weighted by molar-refractivity contribution is 9.10. The molecule has 1 N–H and O–H groups in total. The van der Waals surface area contributed by atoms with E-state index in [1.807, 2.05) is 0 Å². The number of aromatic nitrogens is 2. The molecule has 112 valence electrons. The highest BCUT2D eigenvalue weighted by Gasteiger charge is 2.33. The van der Waals surface area contributed by atoms with Crippen LogP contribution >= 0.6 is 27.7 Å². The molecule has 0 atom stereocenters. The van der Waals surface area contributed by atoms with Crippen LogP contribution in [0.25, 0.3) is 5.69 Å². The molecule has 0 unspecified atom stereocenters. The Morgan fingerprint density at radius 2 is 2.14 bits per heavy atom. The van der Waals surface area contributed by atoms with Crippen molar-refractivity contribution in [1.82, 2.24) is 9.55 Å². The van der Waals surface area contributed by atoms with E-state index in [-0.39, 0.29) is 15.9 Å². The minimum atomic E-state index is -4.48. The number of imidazole rings is 1. The maximum Gasteiger partial charge on any atom is 0.417 e. The fourth-order valence-corrected chi connectivity index (χ4v) is 2.76. The summed E-state index contributed by atoms with van der Waals surface area (Å²) in [6, 6.07) is 3.77. The van der Waals surface area contributed by atoms with Crippen LogP contribution in [0.2, 0.25) is 0 Å². The maximum absolute atomic E-state index is 12.9. The van der Waals surface area contributed by atoms with Gasteiger partial charge in [0, 0.05) is 22.6 Å². The number of carboxylic acid groups (broad SMARTS) is 1. The predicted octanol–water partition coefficient (Wildman–Crippen LogP) is 3.83. The summed E-state index contributed by atoms with van der Waals surface area (Å²) < 4.78 is 40.0. The minimum absolute atomic E-state index is 0.0568. The molecule has 0 amide bonds. The summed E-state index contributed by atoms with van der Waals surface area (Å²) in [6.45, 7) is 0. The van der Waals surface area contributed by atoms with Crippen molar-refractivity contribution >= 4 is 33.7 Å². The molecule has 0 radical (unpaired) electrons. The average molecular weight is 381 g/mol. The molecule has 0 spiro atoms. The third-order valence-electron chi connectivity index (χ3n) is 2.47. The number of benzene rings is 1. The maximum atomic E-state index is 12.9. The van der Waals surface area contributed by atoms with Crippen LogP contribution in [0.5, 0.6) is 0 Å². The van der Waals surface area contributed by atoms with Gasteiger partial charge in [-0.2, -0.15) is 13.2 Å². The number of hydrogen-bond acceptors (Lipinski definition) is 3. The summed E-state index contributed by atoms with van der Waals surface area (Å²) in [5, 5.41) is 8.96. The van der Waals surface area contributed by atoms with Gasteiger partial charge in [0.05, 0.1) is 11.3 Å². The molecule has 0 fully saturated rings. The van der Waals surface area contributed by atoms with Gasteiger partial charge in [0.1, 0.15) is 0 Å². The van der Waals surface area contributed by atoms with E-state index in [9.17, 15) is 18.0 Å². The van der Waals surface area contributed by atoms with E-state index < -0.39 is 17.7 Å². The van der Waals surface area contributed by atoms with Crippen molar-refractivity contribution in [2.45, 2.75) is 11.3 Å². The number of carbonyl (C=O) groups is 1. The van der Waals surface area contributed by atoms with Crippen molar-refractivity contribution in [3.63, 3.8) is 0 Å². The van der Waals surface area contributed by atoms with Gasteiger partial charge in [0.25, 0.3) is 0 Å². The number of aliphatic carboxylic acids is 1. The molecule has 0 aliphatic heterocycles. The van der Waals surface area contributed by atoms with Gasteiger partial charge in [-0.25, -0.2) is 4.98 Å². The lowest BCUT2D eigenvalue weighted by atomic mass is 10.2. The summed E-state index contributed by atoms with van der Waals surface area (Å²) in [5.74, 6) is -1.25. The first kappa shape index (κ1) is 15.9. The number of halogens is 4. The van der Waals surface area contributed by atoms with Crippen LogP contribution in [0.3, 0.4) is 0 Å². The molecule has 4 nitrogen and oxygen atoms in total. The SMILES string of the molecule is O=C(O)CSc1nccn1-c1ccc(Br)c(C(F)(F)F)c1. The van der Waals surface area contributed by atoms with E-state index in [2.05, 4.69) is 20.9 Å². The lowest BCUT2D eigenvalue weighted by Crippen LogP contribution is -2.08. The molecule has 1 aromatic carbocycles. The van der Waals surface area contributed by atoms with Gasteiger partial charge in [-0.3, -0.25) is 9.36 Å². The van der Waals surface area contributed by atoms with Crippen molar-refractivity contribution in [3.8, 4) is 5.69 Å². The second-order valence-corrected chi connectivity index (χ2v) is 5.72. The van der Waals surface area contributed by atoms with Crippen molar-refractivity contribution in [3.05, 3.63) is 40.6 Å². The summed E-state index contributed by atoms with van der Waals surface area (Å²) in [4.78, 5) is 14.5. The van der Waals surface area contributed by atoms with Crippen molar-refractivity contribution < 1.29 is 23.1 Å². The quantitative estimate of drug-likeness (QED) is 0.818. The van der Waals surface area contributed by atoms with Gasteiger partial charge in [-0.15, -0.1) is 0 Å². The summed E-state index contributed by atoms with van der Waals surface area (Å²) in [7, 11) is 0. The smallest absolute Gasteiger partial charge is 0.417 e. The Balaban J connectivity index is 2.39. The molecule has 2 aromatic rings. The minimum Gasteiger partial charge on any atom is -0.481 e. The molecule has 0 saturated heterocycles. The Labute approximate surface area is 130 Å². The molecule has 0 bridgehead atoms. The van der Waals surface area contributed by atoms with Crippen LogP contribution in [0.15, 0.2) is 40.2 Å². The first-order valence-electron chi connectivity index (χ1n) is 5.54. The van der Waals surface area contributed by atoms with Gasteiger partial charge in [-0.05, 0) is 18.2 Å². The molecule has 0 aliphatic carbocycles. The second kappa shape index (κ2) is 6.10. The Kier molecular flexibility index (Phi) is 4.62. The molecular formula is C12H8BrF3N2O2S. The van der Waals surface area contributed by atoms with Gasteiger partial charge in [0.2, 0.25) is 0 Å². The molecule has 0 aliphatic rings. The normalized spacial score (nSPS) is 11.6. The molecule has 2 rings (SSSR count). The lowest BCUT2D eigenvalue weighted by Gasteiger charge is -2.12. The van der Waals surface area contributed by atoms with Crippen LogP contribution in [0.4, 0.5) is 13.2 Å². The molecule has 1 aromatic heterocycles. The fourth-order valence-electron chi connectivity index (χ4n) is 1.60. The summed E-state index contributed by atoms with van der Waals surface area (Å²) in [6.07, 6.45) is -1.60. The standard InChI is InChI=1S/C12H8BrF3N2O2S/c13-9-2-1-7(5-8(9)12(14,15)16)18-4-3-17-11(18)21-6-10(19)20/h1-5H,6H2,(H,19,20). The predicted molar refractivity (Wildman–Crippen MR) is 74.6 cm³/mol. The van der Waals surface area contributed by atoms with E-state index in [0.717, 1.165) is 17.8 Å². The van der Waals surface area contributed by atoms with Gasteiger partial charge < -0.3 is 5.11 Å². The zero-order valence-corrected chi connectivity index (χ0v) is 12.7. The van der Waals surface area contributed by atoms with E-state index in [1.54, 1.807) is 0 Å². The average Bonchev–Trinajstić information content (AvgIpc) is 2.84. The van der Waals surface area contributed by atoms with E-state index in [4.69, 9.17) is 5.11 Å². The highest BCUT2D eigenvalue weighted by atomic mass is 79.9. The largest absolute Gasteiger partial charge is 0.481 e. The molecule has 9 heteroatoms. The Hall–Kier alpha value is -1.48. The Bertz CT molecular complexity index is 673. The second-order valence-electron chi connectivity index (χ2n) is 3.92. The van der Waals surface area contributed by atoms with E-state index in [0.29, 0.717) is 5.16 Å². The fraction of sp³-hybridized carbons (Fsp3) is 0.167. The zero-order chi connectivity index (χ0) is 15.6. The van der Waals surface area contributed by atoms with Crippen molar-refractivity contribution in [2.24, 2.45) is 0 Å². The molecule has 21 heavy (non-hydrogen) atoms. The zero-order valence-electron chi connectivity index (χ0n) is 10.3. The number of rotatable bonds is 4. The van der Waals surface area contributed by atoms with Crippen molar-refractivity contribution in [2.75, 3.05) is 5.75 Å². The highest BCUT2D eigenvalue weighted by Crippen LogP contribution is 2.36. The topological polar surface area (TPSA) is 55.1 Å². The molecule has 0 saturated carbocycles. The van der Waals surface area contributed by atoms with Crippen LogP contribution in [0.1, 0.15) is 5.56 Å². The van der Waals surface area contributed by atoms with Gasteiger partial charge in [0.15, 0.2) is 5.16 Å². The third-order valence-corrected chi connectivity index (χ3v) is 4.11.